The van der Waals surface area contributed by atoms with Gasteiger partial charge in [-0.2, -0.15) is 4.99 Å². The monoisotopic (exact) mass is 440 g/mol. The van der Waals surface area contributed by atoms with Crippen molar-refractivity contribution >= 4 is 35.4 Å². The summed E-state index contributed by atoms with van der Waals surface area (Å²) >= 11 is 0. The van der Waals surface area contributed by atoms with Crippen LogP contribution in [0, 0.1) is 0 Å². The van der Waals surface area contributed by atoms with Crippen LogP contribution in [0.5, 0.6) is 5.75 Å². The molecule has 10 nitrogen and oxygen atoms in total. The molecule has 0 aromatic heterocycles. The van der Waals surface area contributed by atoms with E-state index in [4.69, 9.17) is 14.9 Å². The molecule has 0 saturated heterocycles. The molecule has 3 N–H and O–H groups in total. The van der Waals surface area contributed by atoms with Crippen LogP contribution in [0.2, 0.25) is 0 Å². The summed E-state index contributed by atoms with van der Waals surface area (Å²) in [4.78, 5) is 59.9. The summed E-state index contributed by atoms with van der Waals surface area (Å²) in [6, 6.07) is 10.8. The van der Waals surface area contributed by atoms with Crippen LogP contribution in [0.15, 0.2) is 53.5 Å². The molecule has 0 radical (unpaired) electrons. The number of nitrogens with zero attached hydrogens (tertiary/aromatic N) is 1. The number of ether oxygens (including phenoxy) is 1. The number of nitrogens with one attached hydrogen (secondary N) is 1. The summed E-state index contributed by atoms with van der Waals surface area (Å²) in [7, 11) is 0. The van der Waals surface area contributed by atoms with Gasteiger partial charge in [-0.3, -0.25) is 14.4 Å². The Morgan fingerprint density at radius 1 is 0.969 bits per heavy atom. The number of carbonyl (C=O) groups is 4. The van der Waals surface area contributed by atoms with E-state index in [1.165, 1.54) is 18.2 Å². The summed E-state index contributed by atoms with van der Waals surface area (Å²) in [5.74, 6) is -3.32. The Hall–Kier alpha value is -4.30. The van der Waals surface area contributed by atoms with Crippen molar-refractivity contribution in [2.75, 3.05) is 0 Å². The maximum absolute atomic E-state index is 12.5. The molecule has 0 aliphatic heterocycles. The van der Waals surface area contributed by atoms with E-state index in [0.717, 1.165) is 0 Å². The quantitative estimate of drug-likeness (QED) is 0.272. The number of amides is 1. The van der Waals surface area contributed by atoms with Crippen molar-refractivity contribution < 1.29 is 38.9 Å². The predicted molar refractivity (Wildman–Crippen MR) is 111 cm³/mol. The molecule has 0 fully saturated rings. The molecule has 0 saturated carbocycles. The molecule has 0 aliphatic rings. The topological polar surface area (TPSA) is 159 Å². The average molecular weight is 440 g/mol. The molecule has 2 rings (SSSR count). The van der Waals surface area contributed by atoms with Gasteiger partial charge in [-0.15, -0.1) is 0 Å². The van der Waals surface area contributed by atoms with Crippen LogP contribution in [-0.2, 0) is 19.2 Å². The number of hydrogen-bond donors (Lipinski definition) is 3. The number of carboxylic acid groups (broad SMARTS) is 2. The van der Waals surface area contributed by atoms with Gasteiger partial charge in [-0.1, -0.05) is 0 Å². The molecule has 0 spiro atoms. The highest BCUT2D eigenvalue weighted by atomic mass is 16.5. The minimum atomic E-state index is -1.53. The maximum Gasteiger partial charge on any atom is 0.326 e. The summed E-state index contributed by atoms with van der Waals surface area (Å²) in [6.45, 7) is 1.59. The van der Waals surface area contributed by atoms with Gasteiger partial charge in [-0.05, 0) is 55.5 Å². The Kier molecular flexibility index (Phi) is 8.38. The van der Waals surface area contributed by atoms with E-state index in [1.54, 1.807) is 43.3 Å². The normalized spacial score (nSPS) is 12.0. The lowest BCUT2D eigenvalue weighted by Gasteiger charge is -2.17. The molecule has 10 heteroatoms. The number of carbonyl (C=O) groups excluding carboxylic acids is 3. The van der Waals surface area contributed by atoms with Crippen LogP contribution in [0.3, 0.4) is 0 Å². The molecule has 2 atom stereocenters. The lowest BCUT2D eigenvalue weighted by Crippen LogP contribution is -2.43. The van der Waals surface area contributed by atoms with E-state index < -0.39 is 36.4 Å². The van der Waals surface area contributed by atoms with Crippen molar-refractivity contribution in [3.63, 3.8) is 0 Å². The summed E-state index contributed by atoms with van der Waals surface area (Å²) in [5.41, 5.74) is 1.19. The number of ketones is 1. The Labute approximate surface area is 182 Å². The molecule has 1 amide bonds. The van der Waals surface area contributed by atoms with E-state index in [2.05, 4.69) is 10.3 Å². The fourth-order valence-electron chi connectivity index (χ4n) is 2.75. The van der Waals surface area contributed by atoms with Gasteiger partial charge in [-0.25, -0.2) is 9.59 Å². The van der Waals surface area contributed by atoms with Crippen LogP contribution < -0.4 is 10.1 Å². The van der Waals surface area contributed by atoms with Crippen molar-refractivity contribution in [2.45, 2.75) is 31.9 Å². The second-order valence-electron chi connectivity index (χ2n) is 6.79. The Bertz CT molecular complexity index is 1040. The first kappa shape index (κ1) is 24.0. The molecule has 166 valence electrons. The van der Waals surface area contributed by atoms with Crippen LogP contribution >= 0.6 is 0 Å². The molecule has 0 bridgehead atoms. The van der Waals surface area contributed by atoms with Crippen molar-refractivity contribution in [3.05, 3.63) is 59.7 Å². The molecule has 32 heavy (non-hydrogen) atoms. The van der Waals surface area contributed by atoms with E-state index in [0.29, 0.717) is 22.6 Å². The highest BCUT2D eigenvalue weighted by molar-refractivity contribution is 6.09. The standard InChI is InChI=1S/C22H20N2O8/c1-13(10-19(26)24-18(22(30)31)11-20(27)28)32-17-8-4-15(5-9-17)21(29)14-2-6-16(7-3-14)23-12-25/h2-9,13,18H,10-11H2,1H3,(H,24,26)(H,27,28)(H,30,31). The van der Waals surface area contributed by atoms with Gasteiger partial charge >= 0.3 is 11.9 Å². The minimum absolute atomic E-state index is 0.195. The van der Waals surface area contributed by atoms with Gasteiger partial charge in [0.25, 0.3) is 0 Å². The maximum atomic E-state index is 12.5. The van der Waals surface area contributed by atoms with Gasteiger partial charge in [0.15, 0.2) is 5.78 Å². The first-order valence-corrected chi connectivity index (χ1v) is 9.43. The van der Waals surface area contributed by atoms with E-state index in [-0.39, 0.29) is 12.2 Å². The number of carboxylic acids is 2. The zero-order chi connectivity index (χ0) is 23.7. The molecular weight excluding hydrogens is 420 g/mol. The number of hydrogen-bond acceptors (Lipinski definition) is 7. The largest absolute Gasteiger partial charge is 0.490 e. The summed E-state index contributed by atoms with van der Waals surface area (Å²) in [5, 5.41) is 19.8. The lowest BCUT2D eigenvalue weighted by atomic mass is 10.0. The highest BCUT2D eigenvalue weighted by Crippen LogP contribution is 2.19. The molecule has 2 aromatic carbocycles. The smallest absolute Gasteiger partial charge is 0.326 e. The molecule has 2 unspecified atom stereocenters. The van der Waals surface area contributed by atoms with Crippen molar-refractivity contribution in [1.82, 2.24) is 5.32 Å². The van der Waals surface area contributed by atoms with Crippen LogP contribution in [0.1, 0.15) is 35.7 Å². The van der Waals surface area contributed by atoms with Gasteiger partial charge in [0.2, 0.25) is 12.0 Å². The Morgan fingerprint density at radius 3 is 2.03 bits per heavy atom. The molecule has 0 aliphatic carbocycles. The second kappa shape index (κ2) is 11.2. The number of benzene rings is 2. The number of rotatable bonds is 11. The summed E-state index contributed by atoms with van der Waals surface area (Å²) in [6.07, 6.45) is -0.149. The Morgan fingerprint density at radius 2 is 1.53 bits per heavy atom. The van der Waals surface area contributed by atoms with Gasteiger partial charge < -0.3 is 20.3 Å². The first-order chi connectivity index (χ1) is 15.2. The molecule has 0 heterocycles. The van der Waals surface area contributed by atoms with E-state index in [1.807, 2.05) is 0 Å². The zero-order valence-corrected chi connectivity index (χ0v) is 17.0. The van der Waals surface area contributed by atoms with Gasteiger partial charge in [0.1, 0.15) is 17.9 Å². The SMILES string of the molecule is CC(CC(=O)NC(CC(=O)O)C(=O)O)Oc1ccc(C(=O)c2ccc(N=C=O)cc2)cc1. The average Bonchev–Trinajstić information content (AvgIpc) is 2.73. The van der Waals surface area contributed by atoms with Crippen LogP contribution in [0.4, 0.5) is 5.69 Å². The number of aliphatic imine (C=N–C) groups is 1. The van der Waals surface area contributed by atoms with E-state index in [9.17, 15) is 24.0 Å². The highest BCUT2D eigenvalue weighted by Gasteiger charge is 2.24. The van der Waals surface area contributed by atoms with E-state index >= 15 is 0 Å². The fourth-order valence-corrected chi connectivity index (χ4v) is 2.75. The summed E-state index contributed by atoms with van der Waals surface area (Å²) < 4.78 is 5.61. The second-order valence-corrected chi connectivity index (χ2v) is 6.79. The number of isocyanates is 1. The van der Waals surface area contributed by atoms with Gasteiger partial charge in [0.05, 0.1) is 18.5 Å². The van der Waals surface area contributed by atoms with Crippen molar-refractivity contribution in [3.8, 4) is 5.75 Å². The van der Waals surface area contributed by atoms with Gasteiger partial charge in [0, 0.05) is 11.1 Å². The lowest BCUT2D eigenvalue weighted by molar-refractivity contribution is -0.147. The minimum Gasteiger partial charge on any atom is -0.490 e. The first-order valence-electron chi connectivity index (χ1n) is 9.43. The zero-order valence-electron chi connectivity index (χ0n) is 17.0. The van der Waals surface area contributed by atoms with Crippen LogP contribution in [-0.4, -0.2) is 52.1 Å². The molecular formula is C22H20N2O8. The predicted octanol–water partition coefficient (Wildman–Crippen LogP) is 2.09. The van der Waals surface area contributed by atoms with Crippen LogP contribution in [0.25, 0.3) is 0 Å². The third-order valence-corrected chi connectivity index (χ3v) is 4.24. The fraction of sp³-hybridized carbons (Fsp3) is 0.227. The number of aliphatic carboxylic acids is 2. The third kappa shape index (κ3) is 7.19. The molecule has 2 aromatic rings. The Balaban J connectivity index is 1.94. The third-order valence-electron chi connectivity index (χ3n) is 4.24. The van der Waals surface area contributed by atoms with Crippen molar-refractivity contribution in [2.24, 2.45) is 4.99 Å². The van der Waals surface area contributed by atoms with Crippen molar-refractivity contribution in [1.29, 1.82) is 0 Å².